The minimum atomic E-state index is -0.480. The molecule has 0 aliphatic carbocycles. The molecule has 1 fully saturated rings. The van der Waals surface area contributed by atoms with Crippen LogP contribution in [0.25, 0.3) is 11.1 Å². The summed E-state index contributed by atoms with van der Waals surface area (Å²) >= 11 is 7.32. The van der Waals surface area contributed by atoms with E-state index in [0.29, 0.717) is 21.2 Å². The summed E-state index contributed by atoms with van der Waals surface area (Å²) in [6.45, 7) is 6.82. The molecule has 1 aliphatic heterocycles. The number of amides is 1. The molecule has 3 aromatic rings. The topological polar surface area (TPSA) is 61.9 Å². The molecule has 2 aromatic carbocycles. The second-order valence-corrected chi connectivity index (χ2v) is 9.70. The Kier molecular flexibility index (Phi) is 8.00. The Hall–Kier alpha value is -2.71. The van der Waals surface area contributed by atoms with Gasteiger partial charge < -0.3 is 10.1 Å². The summed E-state index contributed by atoms with van der Waals surface area (Å²) < 4.78 is 5.00. The zero-order valence-corrected chi connectivity index (χ0v) is 20.9. The van der Waals surface area contributed by atoms with E-state index in [1.54, 1.807) is 12.1 Å². The van der Waals surface area contributed by atoms with Crippen molar-refractivity contribution in [3.8, 4) is 11.1 Å². The second kappa shape index (κ2) is 11.1. The van der Waals surface area contributed by atoms with Gasteiger partial charge in [0.1, 0.15) is 10.6 Å². The first-order chi connectivity index (χ1) is 16.4. The standard InChI is InChI=1S/C26H28ClN3O3S/c1-18-5-3-4-6-20(18)15-29-11-13-30(14-12-29)16-23(31)28-25-24(26(32)33-2)22(17-34-25)19-7-9-21(27)10-8-19/h3-10,17H,11-16H2,1-2H3,(H,28,31). The van der Waals surface area contributed by atoms with Crippen molar-refractivity contribution in [1.29, 1.82) is 0 Å². The number of anilines is 1. The van der Waals surface area contributed by atoms with Gasteiger partial charge in [-0.15, -0.1) is 11.3 Å². The second-order valence-electron chi connectivity index (χ2n) is 8.38. The number of methoxy groups -OCH3 is 1. The molecular weight excluding hydrogens is 470 g/mol. The molecule has 1 N–H and O–H groups in total. The quantitative estimate of drug-likeness (QED) is 0.469. The monoisotopic (exact) mass is 497 g/mol. The number of nitrogens with zero attached hydrogens (tertiary/aromatic N) is 2. The molecule has 2 heterocycles. The fourth-order valence-corrected chi connectivity index (χ4v) is 5.20. The Labute approximate surface area is 209 Å². The van der Waals surface area contributed by atoms with Crippen molar-refractivity contribution in [2.24, 2.45) is 0 Å². The predicted octanol–water partition coefficient (Wildman–Crippen LogP) is 4.92. The molecule has 0 bridgehead atoms. The number of nitrogens with one attached hydrogen (secondary N) is 1. The molecule has 0 unspecified atom stereocenters. The molecule has 1 aliphatic rings. The van der Waals surface area contributed by atoms with Crippen molar-refractivity contribution in [2.45, 2.75) is 13.5 Å². The number of hydrogen-bond donors (Lipinski definition) is 1. The Morgan fingerprint density at radius 2 is 1.71 bits per heavy atom. The molecule has 1 saturated heterocycles. The van der Waals surface area contributed by atoms with E-state index < -0.39 is 5.97 Å². The zero-order valence-electron chi connectivity index (χ0n) is 19.3. The van der Waals surface area contributed by atoms with Gasteiger partial charge in [0.2, 0.25) is 5.91 Å². The lowest BCUT2D eigenvalue weighted by atomic mass is 10.0. The first-order valence-electron chi connectivity index (χ1n) is 11.2. The predicted molar refractivity (Wildman–Crippen MR) is 138 cm³/mol. The van der Waals surface area contributed by atoms with Crippen molar-refractivity contribution >= 4 is 39.8 Å². The first-order valence-corrected chi connectivity index (χ1v) is 12.4. The highest BCUT2D eigenvalue weighted by Crippen LogP contribution is 2.36. The molecule has 178 valence electrons. The van der Waals surface area contributed by atoms with Gasteiger partial charge in [0.05, 0.1) is 13.7 Å². The first kappa shape index (κ1) is 24.4. The van der Waals surface area contributed by atoms with Gasteiger partial charge in [-0.3, -0.25) is 14.6 Å². The Morgan fingerprint density at radius 3 is 2.38 bits per heavy atom. The van der Waals surface area contributed by atoms with Crippen LogP contribution in [0.3, 0.4) is 0 Å². The Balaban J connectivity index is 1.36. The van der Waals surface area contributed by atoms with Crippen LogP contribution in [0.15, 0.2) is 53.9 Å². The maximum Gasteiger partial charge on any atom is 0.341 e. The lowest BCUT2D eigenvalue weighted by Gasteiger charge is -2.34. The maximum atomic E-state index is 12.8. The largest absolute Gasteiger partial charge is 0.465 e. The molecule has 0 radical (unpaired) electrons. The molecule has 1 aromatic heterocycles. The summed E-state index contributed by atoms with van der Waals surface area (Å²) in [6, 6.07) is 15.7. The highest BCUT2D eigenvalue weighted by Gasteiger charge is 2.24. The summed E-state index contributed by atoms with van der Waals surface area (Å²) in [5, 5.41) is 5.90. The summed E-state index contributed by atoms with van der Waals surface area (Å²) in [4.78, 5) is 29.9. The van der Waals surface area contributed by atoms with E-state index in [-0.39, 0.29) is 12.5 Å². The van der Waals surface area contributed by atoms with Crippen LogP contribution in [0.2, 0.25) is 5.02 Å². The van der Waals surface area contributed by atoms with E-state index in [0.717, 1.165) is 38.3 Å². The average Bonchev–Trinajstić information content (AvgIpc) is 3.25. The number of rotatable bonds is 7. The summed E-state index contributed by atoms with van der Waals surface area (Å²) in [7, 11) is 1.34. The van der Waals surface area contributed by atoms with E-state index in [2.05, 4.69) is 46.3 Å². The van der Waals surface area contributed by atoms with Gasteiger partial charge in [0.25, 0.3) is 0 Å². The number of benzene rings is 2. The van der Waals surface area contributed by atoms with E-state index >= 15 is 0 Å². The van der Waals surface area contributed by atoms with Crippen molar-refractivity contribution in [3.05, 3.63) is 75.6 Å². The third-order valence-electron chi connectivity index (χ3n) is 6.08. The molecule has 0 atom stereocenters. The number of piperazine rings is 1. The average molecular weight is 498 g/mol. The van der Waals surface area contributed by atoms with E-state index in [1.807, 2.05) is 17.5 Å². The van der Waals surface area contributed by atoms with Crippen LogP contribution in [0.4, 0.5) is 5.00 Å². The maximum absolute atomic E-state index is 12.8. The summed E-state index contributed by atoms with van der Waals surface area (Å²) in [6.07, 6.45) is 0. The van der Waals surface area contributed by atoms with Crippen LogP contribution >= 0.6 is 22.9 Å². The summed E-state index contributed by atoms with van der Waals surface area (Å²) in [5.74, 6) is -0.617. The van der Waals surface area contributed by atoms with Gasteiger partial charge in [-0.25, -0.2) is 4.79 Å². The number of halogens is 1. The Morgan fingerprint density at radius 1 is 1.03 bits per heavy atom. The van der Waals surface area contributed by atoms with Crippen LogP contribution in [-0.4, -0.2) is 61.5 Å². The molecule has 1 amide bonds. The highest BCUT2D eigenvalue weighted by atomic mass is 35.5. The smallest absolute Gasteiger partial charge is 0.341 e. The minimum absolute atomic E-state index is 0.137. The van der Waals surface area contributed by atoms with Gasteiger partial charge in [0, 0.05) is 48.7 Å². The fraction of sp³-hybridized carbons (Fsp3) is 0.308. The van der Waals surface area contributed by atoms with Gasteiger partial charge in [-0.05, 0) is 35.7 Å². The van der Waals surface area contributed by atoms with Crippen LogP contribution in [0.1, 0.15) is 21.5 Å². The van der Waals surface area contributed by atoms with Crippen LogP contribution in [0.5, 0.6) is 0 Å². The zero-order chi connectivity index (χ0) is 24.1. The molecule has 0 spiro atoms. The minimum Gasteiger partial charge on any atom is -0.465 e. The number of carbonyl (C=O) groups excluding carboxylic acids is 2. The third-order valence-corrected chi connectivity index (χ3v) is 7.22. The van der Waals surface area contributed by atoms with Crippen LogP contribution < -0.4 is 5.32 Å². The van der Waals surface area contributed by atoms with Crippen LogP contribution in [0, 0.1) is 6.92 Å². The summed E-state index contributed by atoms with van der Waals surface area (Å²) in [5.41, 5.74) is 4.57. The third kappa shape index (κ3) is 5.85. The molecule has 4 rings (SSSR count). The van der Waals surface area contributed by atoms with E-state index in [1.165, 1.54) is 29.6 Å². The SMILES string of the molecule is COC(=O)c1c(-c2ccc(Cl)cc2)csc1NC(=O)CN1CCN(Cc2ccccc2C)CC1. The number of aryl methyl sites for hydroxylation is 1. The van der Waals surface area contributed by atoms with Gasteiger partial charge in [0.15, 0.2) is 0 Å². The normalized spacial score (nSPS) is 14.7. The van der Waals surface area contributed by atoms with Gasteiger partial charge in [-0.2, -0.15) is 0 Å². The molecule has 8 heteroatoms. The van der Waals surface area contributed by atoms with Gasteiger partial charge in [-0.1, -0.05) is 48.0 Å². The number of thiophene rings is 1. The number of carbonyl (C=O) groups is 2. The molecular formula is C26H28ClN3O3S. The van der Waals surface area contributed by atoms with Crippen molar-refractivity contribution in [1.82, 2.24) is 9.80 Å². The van der Waals surface area contributed by atoms with E-state index in [9.17, 15) is 9.59 Å². The molecule has 34 heavy (non-hydrogen) atoms. The van der Waals surface area contributed by atoms with Crippen molar-refractivity contribution < 1.29 is 14.3 Å². The van der Waals surface area contributed by atoms with Gasteiger partial charge >= 0.3 is 5.97 Å². The lowest BCUT2D eigenvalue weighted by Crippen LogP contribution is -2.48. The number of ether oxygens (including phenoxy) is 1. The van der Waals surface area contributed by atoms with Crippen molar-refractivity contribution in [2.75, 3.05) is 45.2 Å². The van der Waals surface area contributed by atoms with Crippen LogP contribution in [-0.2, 0) is 16.1 Å². The van der Waals surface area contributed by atoms with Crippen molar-refractivity contribution in [3.63, 3.8) is 0 Å². The Bertz CT molecular complexity index is 1150. The highest BCUT2D eigenvalue weighted by molar-refractivity contribution is 7.15. The van der Waals surface area contributed by atoms with E-state index in [4.69, 9.17) is 16.3 Å². The number of hydrogen-bond acceptors (Lipinski definition) is 6. The molecule has 0 saturated carbocycles. The molecule has 6 nitrogen and oxygen atoms in total. The lowest BCUT2D eigenvalue weighted by molar-refractivity contribution is -0.117. The fourth-order valence-electron chi connectivity index (χ4n) is 4.10. The number of esters is 1.